The van der Waals surface area contributed by atoms with E-state index in [4.69, 9.17) is 0 Å². The number of benzene rings is 1. The maximum atomic E-state index is 3.61. The van der Waals surface area contributed by atoms with E-state index in [1.165, 1.54) is 42.7 Å². The minimum Gasteiger partial charge on any atom is -0.371 e. The van der Waals surface area contributed by atoms with Gasteiger partial charge in [0, 0.05) is 30.1 Å². The molecule has 1 aliphatic rings. The maximum absolute atomic E-state index is 3.61. The quantitative estimate of drug-likeness (QED) is 0.789. The molecule has 0 radical (unpaired) electrons. The Balaban J connectivity index is 2.09. The van der Waals surface area contributed by atoms with E-state index in [1.54, 1.807) is 0 Å². The molecule has 1 saturated heterocycles. The summed E-state index contributed by atoms with van der Waals surface area (Å²) < 4.78 is 0. The first kappa shape index (κ1) is 13.9. The molecule has 1 heterocycles. The van der Waals surface area contributed by atoms with Gasteiger partial charge >= 0.3 is 0 Å². The summed E-state index contributed by atoms with van der Waals surface area (Å²) in [5.41, 5.74) is 4.17. The Morgan fingerprint density at radius 1 is 1.28 bits per heavy atom. The average Bonchev–Trinajstić information content (AvgIpc) is 2.38. The SMILES string of the molecule is Cc1ccc(N2CCC(N(C)C)CC2)c(CBr)c1. The van der Waals surface area contributed by atoms with Crippen LogP contribution in [0.4, 0.5) is 5.69 Å². The number of rotatable bonds is 3. The highest BCUT2D eigenvalue weighted by Crippen LogP contribution is 2.27. The van der Waals surface area contributed by atoms with Crippen LogP contribution in [0.1, 0.15) is 24.0 Å². The van der Waals surface area contributed by atoms with Gasteiger partial charge in [-0.15, -0.1) is 0 Å². The van der Waals surface area contributed by atoms with Gasteiger partial charge in [0.25, 0.3) is 0 Å². The van der Waals surface area contributed by atoms with Crippen LogP contribution in [0, 0.1) is 6.92 Å². The molecule has 2 nitrogen and oxygen atoms in total. The number of hydrogen-bond acceptors (Lipinski definition) is 2. The van der Waals surface area contributed by atoms with Crippen LogP contribution in [0.15, 0.2) is 18.2 Å². The van der Waals surface area contributed by atoms with Gasteiger partial charge in [-0.2, -0.15) is 0 Å². The molecule has 3 heteroatoms. The summed E-state index contributed by atoms with van der Waals surface area (Å²) in [6, 6.07) is 7.54. The minimum atomic E-state index is 0.749. The van der Waals surface area contributed by atoms with Crippen molar-refractivity contribution in [2.75, 3.05) is 32.1 Å². The van der Waals surface area contributed by atoms with Crippen LogP contribution in [0.2, 0.25) is 0 Å². The molecule has 18 heavy (non-hydrogen) atoms. The average molecular weight is 311 g/mol. The fourth-order valence-electron chi connectivity index (χ4n) is 2.75. The zero-order valence-electron chi connectivity index (χ0n) is 11.6. The molecule has 2 rings (SSSR count). The molecule has 0 amide bonds. The van der Waals surface area contributed by atoms with Crippen LogP contribution < -0.4 is 4.90 Å². The van der Waals surface area contributed by atoms with E-state index >= 15 is 0 Å². The van der Waals surface area contributed by atoms with Crippen LogP contribution in [0.5, 0.6) is 0 Å². The molecular formula is C15H23BrN2. The van der Waals surface area contributed by atoms with E-state index in [-0.39, 0.29) is 0 Å². The van der Waals surface area contributed by atoms with Crippen molar-refractivity contribution in [2.24, 2.45) is 0 Å². The van der Waals surface area contributed by atoms with Crippen LogP contribution in [0.3, 0.4) is 0 Å². The zero-order chi connectivity index (χ0) is 13.1. The molecular weight excluding hydrogens is 288 g/mol. The van der Waals surface area contributed by atoms with Crippen molar-refractivity contribution >= 4 is 21.6 Å². The highest BCUT2D eigenvalue weighted by molar-refractivity contribution is 9.08. The van der Waals surface area contributed by atoms with Crippen LogP contribution >= 0.6 is 15.9 Å². The van der Waals surface area contributed by atoms with Gasteiger partial charge in [-0.05, 0) is 45.5 Å². The third-order valence-electron chi connectivity index (χ3n) is 3.91. The molecule has 1 fully saturated rings. The van der Waals surface area contributed by atoms with E-state index in [1.807, 2.05) is 0 Å². The Labute approximate surface area is 119 Å². The van der Waals surface area contributed by atoms with Crippen molar-refractivity contribution in [3.05, 3.63) is 29.3 Å². The Hall–Kier alpha value is -0.540. The van der Waals surface area contributed by atoms with Crippen LogP contribution in [-0.2, 0) is 5.33 Å². The smallest absolute Gasteiger partial charge is 0.0407 e. The number of aryl methyl sites for hydroxylation is 1. The lowest BCUT2D eigenvalue weighted by Gasteiger charge is -2.37. The second kappa shape index (κ2) is 6.07. The van der Waals surface area contributed by atoms with Gasteiger partial charge in [0.2, 0.25) is 0 Å². The normalized spacial score (nSPS) is 17.5. The highest BCUT2D eigenvalue weighted by Gasteiger charge is 2.21. The summed E-state index contributed by atoms with van der Waals surface area (Å²) in [6.07, 6.45) is 2.53. The lowest BCUT2D eigenvalue weighted by molar-refractivity contribution is 0.249. The summed E-state index contributed by atoms with van der Waals surface area (Å²) in [6.45, 7) is 4.51. The van der Waals surface area contributed by atoms with Crippen molar-refractivity contribution in [2.45, 2.75) is 31.1 Å². The summed E-state index contributed by atoms with van der Waals surface area (Å²) in [5, 5.41) is 0.942. The molecule has 0 atom stereocenters. The Kier molecular flexibility index (Phi) is 4.68. The first-order valence-electron chi connectivity index (χ1n) is 6.68. The molecule has 100 valence electrons. The summed E-state index contributed by atoms with van der Waals surface area (Å²) in [4.78, 5) is 4.90. The molecule has 0 spiro atoms. The van der Waals surface area contributed by atoms with E-state index in [9.17, 15) is 0 Å². The number of anilines is 1. The van der Waals surface area contributed by atoms with Crippen molar-refractivity contribution in [3.63, 3.8) is 0 Å². The molecule has 0 bridgehead atoms. The van der Waals surface area contributed by atoms with E-state index in [0.717, 1.165) is 11.4 Å². The zero-order valence-corrected chi connectivity index (χ0v) is 13.2. The third-order valence-corrected chi connectivity index (χ3v) is 4.52. The molecule has 0 N–H and O–H groups in total. The van der Waals surface area contributed by atoms with Gasteiger partial charge in [0.15, 0.2) is 0 Å². The molecule has 1 aromatic carbocycles. The molecule has 1 aliphatic heterocycles. The largest absolute Gasteiger partial charge is 0.371 e. The summed E-state index contributed by atoms with van der Waals surface area (Å²) >= 11 is 3.61. The third kappa shape index (κ3) is 3.07. The number of nitrogens with zero attached hydrogens (tertiary/aromatic N) is 2. The second-order valence-electron chi connectivity index (χ2n) is 5.45. The van der Waals surface area contributed by atoms with Crippen LogP contribution in [0.25, 0.3) is 0 Å². The van der Waals surface area contributed by atoms with Gasteiger partial charge in [-0.3, -0.25) is 0 Å². The first-order chi connectivity index (χ1) is 8.61. The molecule has 0 saturated carbocycles. The monoisotopic (exact) mass is 310 g/mol. The number of alkyl halides is 1. The topological polar surface area (TPSA) is 6.48 Å². The van der Waals surface area contributed by atoms with Crippen molar-refractivity contribution in [3.8, 4) is 0 Å². The van der Waals surface area contributed by atoms with Crippen molar-refractivity contribution in [1.29, 1.82) is 0 Å². The minimum absolute atomic E-state index is 0.749. The Morgan fingerprint density at radius 3 is 2.50 bits per heavy atom. The highest BCUT2D eigenvalue weighted by atomic mass is 79.9. The fraction of sp³-hybridized carbons (Fsp3) is 0.600. The Bertz CT molecular complexity index is 395. The van der Waals surface area contributed by atoms with Crippen molar-refractivity contribution < 1.29 is 0 Å². The summed E-state index contributed by atoms with van der Waals surface area (Å²) in [5.74, 6) is 0. The molecule has 0 aliphatic carbocycles. The number of halogens is 1. The van der Waals surface area contributed by atoms with E-state index in [0.29, 0.717) is 0 Å². The fourth-order valence-corrected chi connectivity index (χ4v) is 3.20. The Morgan fingerprint density at radius 2 is 1.94 bits per heavy atom. The van der Waals surface area contributed by atoms with Gasteiger partial charge < -0.3 is 9.80 Å². The maximum Gasteiger partial charge on any atom is 0.0407 e. The molecule has 0 unspecified atom stereocenters. The number of piperidine rings is 1. The molecule has 1 aromatic rings. The van der Waals surface area contributed by atoms with Gasteiger partial charge in [0.05, 0.1) is 0 Å². The lowest BCUT2D eigenvalue weighted by atomic mass is 10.0. The predicted octanol–water partition coefficient (Wildman–Crippen LogP) is 3.42. The van der Waals surface area contributed by atoms with Crippen molar-refractivity contribution in [1.82, 2.24) is 4.90 Å². The standard InChI is InChI=1S/C15H23BrN2/c1-12-4-5-15(13(10-12)11-16)18-8-6-14(7-9-18)17(2)3/h4-5,10,14H,6-9,11H2,1-3H3. The summed E-state index contributed by atoms with van der Waals surface area (Å²) in [7, 11) is 4.38. The first-order valence-corrected chi connectivity index (χ1v) is 7.81. The van der Waals surface area contributed by atoms with E-state index < -0.39 is 0 Å². The van der Waals surface area contributed by atoms with Gasteiger partial charge in [-0.1, -0.05) is 33.6 Å². The van der Waals surface area contributed by atoms with Gasteiger partial charge in [0.1, 0.15) is 0 Å². The number of hydrogen-bond donors (Lipinski definition) is 0. The second-order valence-corrected chi connectivity index (χ2v) is 6.01. The van der Waals surface area contributed by atoms with Crippen LogP contribution in [-0.4, -0.2) is 38.1 Å². The van der Waals surface area contributed by atoms with Gasteiger partial charge in [-0.25, -0.2) is 0 Å². The predicted molar refractivity (Wildman–Crippen MR) is 82.7 cm³/mol. The lowest BCUT2D eigenvalue weighted by Crippen LogP contribution is -2.42. The van der Waals surface area contributed by atoms with E-state index in [2.05, 4.69) is 64.9 Å². The molecule has 0 aromatic heterocycles.